The van der Waals surface area contributed by atoms with E-state index >= 15 is 0 Å². The second-order valence-electron chi connectivity index (χ2n) is 12.2. The average Bonchev–Trinajstić information content (AvgIpc) is 3.53. The predicted octanol–water partition coefficient (Wildman–Crippen LogP) is 3.41. The maximum Gasteiger partial charge on any atom is 0.319 e. The van der Waals surface area contributed by atoms with Crippen LogP contribution in [0.4, 0.5) is 20.7 Å². The van der Waals surface area contributed by atoms with Crippen molar-refractivity contribution in [1.82, 2.24) is 29.7 Å². The molecule has 2 aliphatic heterocycles. The lowest BCUT2D eigenvalue weighted by molar-refractivity contribution is -0.197. The van der Waals surface area contributed by atoms with Crippen LogP contribution in [0.1, 0.15) is 52.8 Å². The summed E-state index contributed by atoms with van der Waals surface area (Å²) in [5.74, 6) is -0.795. The van der Waals surface area contributed by atoms with Crippen LogP contribution in [0.15, 0.2) is 30.9 Å². The second-order valence-corrected chi connectivity index (χ2v) is 12.2. The fraction of sp³-hybridized carbons (Fsp3) is 0.571. The first-order valence-electron chi connectivity index (χ1n) is 13.8. The van der Waals surface area contributed by atoms with E-state index in [9.17, 15) is 9.18 Å². The monoisotopic (exact) mass is 570 g/mol. The number of imidazole rings is 1. The standard InChI is InChI=1S/C28H39FN8O4/c1-27(2,3)17-9-8-16(12-18(17)29)35-26(38)31-10-7-11-36(6)13-19-21-22(41-28(4,5)40-21)25(39-19)37-15-34-20-23(30)32-14-33-24(20)37/h8-9,12,14-15,19,21-22,25H,7,10-11,13H2,1-6H3,(H2,30,32,33)(H2,31,35,38)/t19-,21-,22-,25-/m1/s1. The molecule has 0 saturated carbocycles. The summed E-state index contributed by atoms with van der Waals surface area (Å²) < 4.78 is 35.2. The van der Waals surface area contributed by atoms with Crippen LogP contribution < -0.4 is 16.4 Å². The molecule has 0 bridgehead atoms. The van der Waals surface area contributed by atoms with E-state index in [-0.39, 0.29) is 35.6 Å². The number of nitrogens with two attached hydrogens (primary N) is 1. The van der Waals surface area contributed by atoms with Crippen molar-refractivity contribution in [3.63, 3.8) is 0 Å². The quantitative estimate of drug-likeness (QED) is 0.347. The van der Waals surface area contributed by atoms with Crippen LogP contribution in [0.3, 0.4) is 0 Å². The third kappa shape index (κ3) is 6.27. The number of carbonyl (C=O) groups excluding carboxylic acids is 1. The Bertz CT molecular complexity index is 1410. The molecule has 3 aromatic rings. The molecule has 2 aliphatic rings. The van der Waals surface area contributed by atoms with Gasteiger partial charge in [0.1, 0.15) is 36.0 Å². The van der Waals surface area contributed by atoms with Gasteiger partial charge in [-0.1, -0.05) is 26.8 Å². The van der Waals surface area contributed by atoms with Crippen LogP contribution >= 0.6 is 0 Å². The van der Waals surface area contributed by atoms with Crippen LogP contribution in [0.25, 0.3) is 11.2 Å². The average molecular weight is 571 g/mol. The van der Waals surface area contributed by atoms with Crippen molar-refractivity contribution in [2.24, 2.45) is 0 Å². The number of likely N-dealkylation sites (N-methyl/N-ethyl adjacent to an activating group) is 1. The van der Waals surface area contributed by atoms with E-state index in [0.717, 1.165) is 0 Å². The van der Waals surface area contributed by atoms with E-state index < -0.39 is 12.0 Å². The van der Waals surface area contributed by atoms with Crippen molar-refractivity contribution in [1.29, 1.82) is 0 Å². The molecule has 2 aromatic heterocycles. The first kappa shape index (κ1) is 29.1. The highest BCUT2D eigenvalue weighted by atomic mass is 19.1. The van der Waals surface area contributed by atoms with Gasteiger partial charge in [-0.3, -0.25) is 4.57 Å². The first-order valence-corrected chi connectivity index (χ1v) is 13.8. The first-order chi connectivity index (χ1) is 19.3. The molecule has 2 amide bonds. The van der Waals surface area contributed by atoms with Gasteiger partial charge in [-0.15, -0.1) is 0 Å². The van der Waals surface area contributed by atoms with E-state index in [0.29, 0.717) is 54.3 Å². The molecule has 222 valence electrons. The van der Waals surface area contributed by atoms with Gasteiger partial charge in [-0.2, -0.15) is 0 Å². The van der Waals surface area contributed by atoms with Crippen LogP contribution in [0, 0.1) is 5.82 Å². The lowest BCUT2D eigenvalue weighted by Crippen LogP contribution is -2.39. The van der Waals surface area contributed by atoms with E-state index in [1.165, 1.54) is 12.4 Å². The molecule has 2 saturated heterocycles. The summed E-state index contributed by atoms with van der Waals surface area (Å²) in [6.45, 7) is 11.4. The summed E-state index contributed by atoms with van der Waals surface area (Å²) in [5, 5.41) is 5.53. The van der Waals surface area contributed by atoms with Gasteiger partial charge >= 0.3 is 6.03 Å². The number of fused-ring (bicyclic) bond motifs is 2. The lowest BCUT2D eigenvalue weighted by Gasteiger charge is -2.27. The Balaban J connectivity index is 1.13. The third-order valence-corrected chi connectivity index (χ3v) is 7.32. The molecule has 1 aromatic carbocycles. The maximum absolute atomic E-state index is 14.5. The Morgan fingerprint density at radius 2 is 1.95 bits per heavy atom. The topological polar surface area (TPSA) is 142 Å². The fourth-order valence-electron chi connectivity index (χ4n) is 5.41. The minimum Gasteiger partial charge on any atom is -0.382 e. The largest absolute Gasteiger partial charge is 0.382 e. The van der Waals surface area contributed by atoms with E-state index in [1.54, 1.807) is 18.5 Å². The Morgan fingerprint density at radius 1 is 1.20 bits per heavy atom. The van der Waals surface area contributed by atoms with E-state index in [4.69, 9.17) is 19.9 Å². The zero-order valence-corrected chi connectivity index (χ0v) is 24.3. The van der Waals surface area contributed by atoms with E-state index in [2.05, 4.69) is 30.5 Å². The van der Waals surface area contributed by atoms with Crippen molar-refractivity contribution in [3.8, 4) is 0 Å². The lowest BCUT2D eigenvalue weighted by atomic mass is 9.86. The summed E-state index contributed by atoms with van der Waals surface area (Å²) in [4.78, 5) is 27.2. The van der Waals surface area contributed by atoms with Gasteiger partial charge in [0.25, 0.3) is 0 Å². The SMILES string of the molecule is CN(CCCNC(=O)Nc1ccc(C(C)(C)C)c(F)c1)C[C@H]1O[C@@H](n2cnc3c(N)ncnc32)[C@@H]2OC(C)(C)O[C@@H]21. The van der Waals surface area contributed by atoms with Gasteiger partial charge in [-0.05, 0) is 57.0 Å². The van der Waals surface area contributed by atoms with Gasteiger partial charge in [0.15, 0.2) is 23.5 Å². The molecule has 12 nitrogen and oxygen atoms in total. The van der Waals surface area contributed by atoms with Gasteiger partial charge in [0.2, 0.25) is 0 Å². The molecule has 0 unspecified atom stereocenters. The van der Waals surface area contributed by atoms with Gasteiger partial charge in [0, 0.05) is 18.8 Å². The predicted molar refractivity (Wildman–Crippen MR) is 152 cm³/mol. The van der Waals surface area contributed by atoms with Crippen LogP contribution in [-0.2, 0) is 19.6 Å². The molecule has 13 heteroatoms. The van der Waals surface area contributed by atoms with Gasteiger partial charge < -0.3 is 35.5 Å². The molecule has 41 heavy (non-hydrogen) atoms. The highest BCUT2D eigenvalue weighted by Gasteiger charge is 2.56. The number of amides is 2. The number of nitrogens with one attached hydrogen (secondary N) is 2. The number of carbonyl (C=O) groups is 1. The number of anilines is 2. The molecule has 4 atom stereocenters. The fourth-order valence-corrected chi connectivity index (χ4v) is 5.41. The number of rotatable bonds is 8. The Labute approximate surface area is 238 Å². The number of nitrogen functional groups attached to an aromatic ring is 1. The molecule has 5 rings (SSSR count). The molecule has 2 fully saturated rings. The molecule has 4 N–H and O–H groups in total. The summed E-state index contributed by atoms with van der Waals surface area (Å²) in [6, 6.07) is 4.39. The molecule has 0 aliphatic carbocycles. The van der Waals surface area contributed by atoms with Gasteiger partial charge in [-0.25, -0.2) is 24.1 Å². The van der Waals surface area contributed by atoms with Crippen LogP contribution in [-0.4, -0.2) is 81.2 Å². The Hall–Kier alpha value is -3.39. The van der Waals surface area contributed by atoms with Crippen LogP contribution in [0.2, 0.25) is 0 Å². The van der Waals surface area contributed by atoms with Crippen molar-refractivity contribution in [2.75, 3.05) is 37.7 Å². The third-order valence-electron chi connectivity index (χ3n) is 7.32. The zero-order chi connectivity index (χ0) is 29.5. The molecule has 4 heterocycles. The second kappa shape index (κ2) is 11.1. The Morgan fingerprint density at radius 3 is 2.68 bits per heavy atom. The molecule has 0 spiro atoms. The highest BCUT2D eigenvalue weighted by molar-refractivity contribution is 5.89. The smallest absolute Gasteiger partial charge is 0.319 e. The number of urea groups is 1. The van der Waals surface area contributed by atoms with Crippen LogP contribution in [0.5, 0.6) is 0 Å². The highest BCUT2D eigenvalue weighted by Crippen LogP contribution is 2.44. The summed E-state index contributed by atoms with van der Waals surface area (Å²) in [7, 11) is 1.99. The Kier molecular flexibility index (Phi) is 7.90. The zero-order valence-electron chi connectivity index (χ0n) is 24.3. The number of halogens is 1. The molecule has 0 radical (unpaired) electrons. The number of ether oxygens (including phenoxy) is 3. The summed E-state index contributed by atoms with van der Waals surface area (Å²) >= 11 is 0. The van der Waals surface area contributed by atoms with Crippen molar-refractivity contribution < 1.29 is 23.4 Å². The van der Waals surface area contributed by atoms with Crippen molar-refractivity contribution >= 4 is 28.7 Å². The molecular weight excluding hydrogens is 531 g/mol. The number of benzene rings is 1. The summed E-state index contributed by atoms with van der Waals surface area (Å²) in [5.41, 5.74) is 7.76. The number of nitrogens with zero attached hydrogens (tertiary/aromatic N) is 5. The number of hydrogen-bond donors (Lipinski definition) is 3. The number of aromatic nitrogens is 4. The van der Waals surface area contributed by atoms with Crippen molar-refractivity contribution in [3.05, 3.63) is 42.2 Å². The minimum atomic E-state index is -0.758. The van der Waals surface area contributed by atoms with Crippen molar-refractivity contribution in [2.45, 2.75) is 76.8 Å². The molecular formula is C28H39FN8O4. The summed E-state index contributed by atoms with van der Waals surface area (Å²) in [6.07, 6.45) is 2.34. The van der Waals surface area contributed by atoms with E-state index in [1.807, 2.05) is 46.2 Å². The maximum atomic E-state index is 14.5. The minimum absolute atomic E-state index is 0.268. The number of hydrogen-bond acceptors (Lipinski definition) is 9. The van der Waals surface area contributed by atoms with Gasteiger partial charge in [0.05, 0.1) is 6.33 Å². The normalized spacial score (nSPS) is 23.7.